The zero-order valence-corrected chi connectivity index (χ0v) is 8.94. The molecule has 1 atom stereocenters. The van der Waals surface area contributed by atoms with Crippen molar-refractivity contribution < 1.29 is 8.78 Å². The molecule has 0 spiro atoms. The summed E-state index contributed by atoms with van der Waals surface area (Å²) in [5, 5.41) is 0. The van der Waals surface area contributed by atoms with Crippen LogP contribution in [0, 0.1) is 11.6 Å². The van der Waals surface area contributed by atoms with Gasteiger partial charge in [-0.15, -0.1) is 0 Å². The van der Waals surface area contributed by atoms with Gasteiger partial charge >= 0.3 is 0 Å². The zero-order valence-electron chi connectivity index (χ0n) is 7.36. The Balaban J connectivity index is 2.81. The van der Waals surface area contributed by atoms with Crippen LogP contribution in [0.4, 0.5) is 8.78 Å². The summed E-state index contributed by atoms with van der Waals surface area (Å²) in [5.74, 6) is -0.716. The van der Waals surface area contributed by atoms with E-state index in [0.29, 0.717) is 12.0 Å². The number of halogens is 3. The van der Waals surface area contributed by atoms with Crippen molar-refractivity contribution >= 4 is 15.9 Å². The van der Waals surface area contributed by atoms with E-state index in [2.05, 4.69) is 15.9 Å². The van der Waals surface area contributed by atoms with Crippen molar-refractivity contribution in [2.24, 2.45) is 0 Å². The fourth-order valence-corrected chi connectivity index (χ4v) is 1.43. The van der Waals surface area contributed by atoms with E-state index in [9.17, 15) is 8.78 Å². The number of benzene rings is 1. The van der Waals surface area contributed by atoms with Gasteiger partial charge in [-0.2, -0.15) is 0 Å². The van der Waals surface area contributed by atoms with Crippen LogP contribution in [-0.4, -0.2) is 4.83 Å². The molecule has 72 valence electrons. The third-order valence-electron chi connectivity index (χ3n) is 1.89. The van der Waals surface area contributed by atoms with Gasteiger partial charge in [-0.3, -0.25) is 0 Å². The second kappa shape index (κ2) is 4.70. The van der Waals surface area contributed by atoms with Gasteiger partial charge in [0.25, 0.3) is 0 Å². The second-order valence-corrected chi connectivity index (χ2v) is 4.24. The normalized spacial score (nSPS) is 12.9. The van der Waals surface area contributed by atoms with Crippen molar-refractivity contribution in [2.75, 3.05) is 0 Å². The fraction of sp³-hybridized carbons (Fsp3) is 0.400. The molecule has 0 radical (unpaired) electrons. The van der Waals surface area contributed by atoms with Crippen LogP contribution in [0.5, 0.6) is 0 Å². The molecule has 0 aromatic heterocycles. The lowest BCUT2D eigenvalue weighted by Crippen LogP contribution is -2.03. The van der Waals surface area contributed by atoms with E-state index in [1.165, 1.54) is 12.1 Å². The summed E-state index contributed by atoms with van der Waals surface area (Å²) in [7, 11) is 0. The van der Waals surface area contributed by atoms with Gasteiger partial charge in [0.05, 0.1) is 0 Å². The maximum atomic E-state index is 13.1. The molecule has 0 aliphatic carbocycles. The molecule has 0 aliphatic heterocycles. The highest BCUT2D eigenvalue weighted by Gasteiger charge is 2.08. The molecule has 0 N–H and O–H groups in total. The topological polar surface area (TPSA) is 0 Å². The smallest absolute Gasteiger partial charge is 0.126 e. The molecule has 0 bridgehead atoms. The van der Waals surface area contributed by atoms with Gasteiger partial charge in [-0.05, 0) is 36.6 Å². The molecule has 13 heavy (non-hydrogen) atoms. The van der Waals surface area contributed by atoms with Gasteiger partial charge in [0.2, 0.25) is 0 Å². The number of rotatable bonds is 3. The lowest BCUT2D eigenvalue weighted by Gasteiger charge is -2.07. The van der Waals surface area contributed by atoms with Gasteiger partial charge < -0.3 is 0 Å². The summed E-state index contributed by atoms with van der Waals surface area (Å²) >= 11 is 3.38. The van der Waals surface area contributed by atoms with Crippen molar-refractivity contribution in [1.82, 2.24) is 0 Å². The Morgan fingerprint density at radius 1 is 1.38 bits per heavy atom. The molecular weight excluding hydrogens is 238 g/mol. The minimum Gasteiger partial charge on any atom is -0.207 e. The lowest BCUT2D eigenvalue weighted by atomic mass is 10.1. The third-order valence-corrected chi connectivity index (χ3v) is 2.86. The van der Waals surface area contributed by atoms with Gasteiger partial charge in [-0.1, -0.05) is 22.9 Å². The van der Waals surface area contributed by atoms with Crippen molar-refractivity contribution in [1.29, 1.82) is 0 Å². The van der Waals surface area contributed by atoms with E-state index < -0.39 is 0 Å². The lowest BCUT2D eigenvalue weighted by molar-refractivity contribution is 0.582. The maximum Gasteiger partial charge on any atom is 0.126 e. The fourth-order valence-electron chi connectivity index (χ4n) is 1.08. The number of hydrogen-bond acceptors (Lipinski definition) is 0. The van der Waals surface area contributed by atoms with Crippen LogP contribution in [0.2, 0.25) is 0 Å². The largest absolute Gasteiger partial charge is 0.207 e. The summed E-state index contributed by atoms with van der Waals surface area (Å²) in [6.45, 7) is 2.00. The van der Waals surface area contributed by atoms with Gasteiger partial charge in [0.15, 0.2) is 0 Å². The molecule has 0 saturated heterocycles. The average molecular weight is 249 g/mol. The van der Waals surface area contributed by atoms with Crippen LogP contribution in [-0.2, 0) is 6.42 Å². The molecule has 3 heteroatoms. The molecule has 1 rings (SSSR count). The van der Waals surface area contributed by atoms with Crippen molar-refractivity contribution in [2.45, 2.75) is 24.6 Å². The quantitative estimate of drug-likeness (QED) is 0.717. The average Bonchev–Trinajstić information content (AvgIpc) is 2.11. The Bertz CT molecular complexity index is 286. The first-order valence-corrected chi connectivity index (χ1v) is 5.13. The van der Waals surface area contributed by atoms with Crippen LogP contribution in [0.3, 0.4) is 0 Å². The molecule has 0 nitrogen and oxygen atoms in total. The molecule has 0 amide bonds. The summed E-state index contributed by atoms with van der Waals surface area (Å²) < 4.78 is 25.8. The van der Waals surface area contributed by atoms with Gasteiger partial charge in [0, 0.05) is 4.83 Å². The van der Waals surface area contributed by atoms with Crippen LogP contribution in [0.15, 0.2) is 18.2 Å². The van der Waals surface area contributed by atoms with E-state index in [0.717, 1.165) is 12.5 Å². The highest BCUT2D eigenvalue weighted by Crippen LogP contribution is 2.16. The molecule has 0 fully saturated rings. The highest BCUT2D eigenvalue weighted by atomic mass is 79.9. The minimum atomic E-state index is -0.382. The molecule has 0 aliphatic rings. The Morgan fingerprint density at radius 3 is 2.69 bits per heavy atom. The van der Waals surface area contributed by atoms with E-state index >= 15 is 0 Å². The first kappa shape index (κ1) is 10.6. The predicted molar refractivity (Wildman–Crippen MR) is 53.1 cm³/mol. The maximum absolute atomic E-state index is 13.1. The van der Waals surface area contributed by atoms with E-state index in [-0.39, 0.29) is 16.5 Å². The van der Waals surface area contributed by atoms with Gasteiger partial charge in [-0.25, -0.2) is 8.78 Å². The first-order chi connectivity index (χ1) is 6.13. The van der Waals surface area contributed by atoms with Crippen LogP contribution < -0.4 is 0 Å². The molecule has 0 saturated carbocycles. The number of alkyl halides is 1. The third kappa shape index (κ3) is 3.07. The van der Waals surface area contributed by atoms with E-state index in [1.807, 2.05) is 6.92 Å². The van der Waals surface area contributed by atoms with Crippen LogP contribution in [0.25, 0.3) is 0 Å². The summed E-state index contributed by atoms with van der Waals surface area (Å²) in [5.41, 5.74) is 0.434. The molecule has 1 aromatic carbocycles. The SMILES string of the molecule is CCC(Br)Cc1cc(F)ccc1F. The highest BCUT2D eigenvalue weighted by molar-refractivity contribution is 9.09. The summed E-state index contributed by atoms with van der Waals surface area (Å²) in [6.07, 6.45) is 1.43. The molecule has 1 aromatic rings. The standard InChI is InChI=1S/C10H11BrF2/c1-2-8(11)5-7-6-9(12)3-4-10(7)13/h3-4,6,8H,2,5H2,1H3. The van der Waals surface area contributed by atoms with Crippen molar-refractivity contribution in [3.05, 3.63) is 35.4 Å². The monoisotopic (exact) mass is 248 g/mol. The first-order valence-electron chi connectivity index (χ1n) is 4.21. The van der Waals surface area contributed by atoms with Crippen molar-refractivity contribution in [3.63, 3.8) is 0 Å². The van der Waals surface area contributed by atoms with E-state index in [4.69, 9.17) is 0 Å². The van der Waals surface area contributed by atoms with Crippen molar-refractivity contribution in [3.8, 4) is 0 Å². The summed E-state index contributed by atoms with van der Waals surface area (Å²) in [4.78, 5) is 0.212. The Hall–Kier alpha value is -0.440. The van der Waals surface area contributed by atoms with Crippen LogP contribution in [0.1, 0.15) is 18.9 Å². The number of hydrogen-bond donors (Lipinski definition) is 0. The molecular formula is C10H11BrF2. The summed E-state index contributed by atoms with van der Waals surface area (Å²) in [6, 6.07) is 3.55. The molecule has 1 unspecified atom stereocenters. The predicted octanol–water partition coefficient (Wildman–Crippen LogP) is 3.68. The van der Waals surface area contributed by atoms with Crippen LogP contribution >= 0.6 is 15.9 Å². The van der Waals surface area contributed by atoms with Gasteiger partial charge in [0.1, 0.15) is 11.6 Å². The zero-order chi connectivity index (χ0) is 9.84. The minimum absolute atomic E-state index is 0.212. The molecule has 0 heterocycles. The Labute approximate surface area is 85.1 Å². The Morgan fingerprint density at radius 2 is 2.08 bits per heavy atom. The van der Waals surface area contributed by atoms with E-state index in [1.54, 1.807) is 0 Å². The second-order valence-electron chi connectivity index (χ2n) is 2.95. The Kier molecular flexibility index (Phi) is 3.85.